The Labute approximate surface area is 131 Å². The number of H-pyrrole nitrogens is 1. The molecule has 1 amide bonds. The van der Waals surface area contributed by atoms with Gasteiger partial charge in [0.05, 0.1) is 19.3 Å². The lowest BCUT2D eigenvalue weighted by molar-refractivity contribution is -0.0459. The van der Waals surface area contributed by atoms with Gasteiger partial charge in [-0.2, -0.15) is 0 Å². The summed E-state index contributed by atoms with van der Waals surface area (Å²) in [5.41, 5.74) is 3.90. The maximum absolute atomic E-state index is 11.6. The summed E-state index contributed by atoms with van der Waals surface area (Å²) in [6.07, 6.45) is -1.29. The third kappa shape index (κ3) is 5.20. The van der Waals surface area contributed by atoms with Crippen LogP contribution in [-0.4, -0.2) is 51.3 Å². The van der Waals surface area contributed by atoms with Crippen molar-refractivity contribution >= 4 is 6.09 Å². The van der Waals surface area contributed by atoms with Crippen molar-refractivity contribution in [2.75, 3.05) is 13.2 Å². The average Bonchev–Trinajstić information content (AvgIpc) is 2.84. The number of ether oxygens (including phenoxy) is 2. The summed E-state index contributed by atoms with van der Waals surface area (Å²) in [5.74, 6) is 0. The molecule has 1 aromatic rings. The van der Waals surface area contributed by atoms with E-state index >= 15 is 0 Å². The molecule has 1 fully saturated rings. The SMILES string of the molecule is CCOC(N)=O.Cc1cn([C@H]2C[C@H](O)[C@@H](CO)O2)c(=O)[nH]c1=O. The number of aryl methyl sites for hydroxylation is 1. The van der Waals surface area contributed by atoms with Gasteiger partial charge in [0.2, 0.25) is 0 Å². The molecule has 3 atom stereocenters. The second-order valence-electron chi connectivity index (χ2n) is 4.85. The molecule has 1 saturated heterocycles. The van der Waals surface area contributed by atoms with Crippen LogP contribution in [0.4, 0.5) is 4.79 Å². The zero-order chi connectivity index (χ0) is 17.6. The number of carbonyl (C=O) groups is 1. The molecule has 2 heterocycles. The van der Waals surface area contributed by atoms with E-state index in [4.69, 9.17) is 9.84 Å². The van der Waals surface area contributed by atoms with Crippen LogP contribution in [0.5, 0.6) is 0 Å². The van der Waals surface area contributed by atoms with Crippen LogP contribution in [0.1, 0.15) is 25.1 Å². The Kier molecular flexibility index (Phi) is 6.94. The first-order chi connectivity index (χ1) is 10.8. The van der Waals surface area contributed by atoms with Gasteiger partial charge in [0.25, 0.3) is 5.56 Å². The summed E-state index contributed by atoms with van der Waals surface area (Å²) in [5, 5.41) is 18.5. The van der Waals surface area contributed by atoms with Crippen molar-refractivity contribution in [1.29, 1.82) is 0 Å². The van der Waals surface area contributed by atoms with Crippen LogP contribution in [0, 0.1) is 6.92 Å². The molecule has 1 aliphatic rings. The molecular weight excluding hydrogens is 310 g/mol. The minimum atomic E-state index is -0.816. The lowest BCUT2D eigenvalue weighted by Crippen LogP contribution is -2.33. The molecule has 23 heavy (non-hydrogen) atoms. The van der Waals surface area contributed by atoms with Crippen LogP contribution in [0.25, 0.3) is 0 Å². The number of amides is 1. The van der Waals surface area contributed by atoms with Crippen molar-refractivity contribution in [3.63, 3.8) is 0 Å². The molecular formula is C13H21N3O7. The average molecular weight is 331 g/mol. The molecule has 2 rings (SSSR count). The molecule has 0 bridgehead atoms. The first-order valence-electron chi connectivity index (χ1n) is 6.98. The number of aliphatic hydroxyl groups excluding tert-OH is 2. The van der Waals surface area contributed by atoms with Crippen molar-refractivity contribution in [2.45, 2.75) is 38.7 Å². The van der Waals surface area contributed by atoms with E-state index in [9.17, 15) is 19.5 Å². The van der Waals surface area contributed by atoms with E-state index in [1.807, 2.05) is 0 Å². The van der Waals surface area contributed by atoms with E-state index in [0.717, 1.165) is 0 Å². The summed E-state index contributed by atoms with van der Waals surface area (Å²) >= 11 is 0. The minimum absolute atomic E-state index is 0.205. The summed E-state index contributed by atoms with van der Waals surface area (Å²) in [6.45, 7) is 3.32. The van der Waals surface area contributed by atoms with Gasteiger partial charge in [0.15, 0.2) is 0 Å². The Morgan fingerprint density at radius 2 is 2.22 bits per heavy atom. The Morgan fingerprint density at radius 3 is 2.65 bits per heavy atom. The number of nitrogens with two attached hydrogens (primary N) is 1. The zero-order valence-electron chi connectivity index (χ0n) is 12.9. The number of nitrogens with one attached hydrogen (secondary N) is 1. The fourth-order valence-corrected chi connectivity index (χ4v) is 1.99. The van der Waals surface area contributed by atoms with Gasteiger partial charge in [-0.05, 0) is 13.8 Å². The number of aromatic nitrogens is 2. The molecule has 0 unspecified atom stereocenters. The second-order valence-corrected chi connectivity index (χ2v) is 4.85. The van der Waals surface area contributed by atoms with E-state index < -0.39 is 35.8 Å². The first-order valence-corrected chi connectivity index (χ1v) is 6.98. The van der Waals surface area contributed by atoms with Gasteiger partial charge in [-0.1, -0.05) is 0 Å². The summed E-state index contributed by atoms with van der Waals surface area (Å²) in [6, 6.07) is 0. The molecule has 0 spiro atoms. The molecule has 1 aliphatic heterocycles. The molecule has 10 nitrogen and oxygen atoms in total. The topological polar surface area (TPSA) is 157 Å². The minimum Gasteiger partial charge on any atom is -0.450 e. The third-order valence-corrected chi connectivity index (χ3v) is 3.13. The predicted molar refractivity (Wildman–Crippen MR) is 78.9 cm³/mol. The van der Waals surface area contributed by atoms with Gasteiger partial charge in [-0.25, -0.2) is 9.59 Å². The first kappa shape index (κ1) is 18.9. The normalized spacial score (nSPS) is 23.0. The number of carbonyl (C=O) groups excluding carboxylic acids is 1. The summed E-state index contributed by atoms with van der Waals surface area (Å²) in [7, 11) is 0. The highest BCUT2D eigenvalue weighted by molar-refractivity contribution is 5.64. The molecule has 0 aliphatic carbocycles. The molecule has 0 radical (unpaired) electrons. The van der Waals surface area contributed by atoms with E-state index in [2.05, 4.69) is 15.5 Å². The van der Waals surface area contributed by atoms with Crippen LogP contribution in [0.3, 0.4) is 0 Å². The van der Waals surface area contributed by atoms with Gasteiger partial charge in [-0.3, -0.25) is 14.3 Å². The van der Waals surface area contributed by atoms with Crippen molar-refractivity contribution in [1.82, 2.24) is 9.55 Å². The van der Waals surface area contributed by atoms with Crippen LogP contribution in [0.15, 0.2) is 15.8 Å². The Bertz CT molecular complexity index is 639. The van der Waals surface area contributed by atoms with Crippen LogP contribution < -0.4 is 17.0 Å². The Morgan fingerprint density at radius 1 is 1.57 bits per heavy atom. The Balaban J connectivity index is 0.000000379. The number of hydrogen-bond acceptors (Lipinski definition) is 7. The fourth-order valence-electron chi connectivity index (χ4n) is 1.99. The number of hydrogen-bond donors (Lipinski definition) is 4. The number of aliphatic hydroxyl groups is 2. The largest absolute Gasteiger partial charge is 0.450 e. The van der Waals surface area contributed by atoms with Crippen molar-refractivity contribution < 1.29 is 24.5 Å². The van der Waals surface area contributed by atoms with Gasteiger partial charge < -0.3 is 25.4 Å². The summed E-state index contributed by atoms with van der Waals surface area (Å²) in [4.78, 5) is 34.5. The van der Waals surface area contributed by atoms with Crippen LogP contribution >= 0.6 is 0 Å². The maximum Gasteiger partial charge on any atom is 0.404 e. The van der Waals surface area contributed by atoms with Crippen molar-refractivity contribution in [2.24, 2.45) is 5.73 Å². The van der Waals surface area contributed by atoms with E-state index in [1.54, 1.807) is 13.8 Å². The van der Waals surface area contributed by atoms with Crippen LogP contribution in [-0.2, 0) is 9.47 Å². The van der Waals surface area contributed by atoms with Crippen LogP contribution in [0.2, 0.25) is 0 Å². The number of rotatable bonds is 3. The number of primary amides is 1. The molecule has 1 aromatic heterocycles. The van der Waals surface area contributed by atoms with E-state index in [-0.39, 0.29) is 13.0 Å². The number of nitrogens with zero attached hydrogens (tertiary/aromatic N) is 1. The van der Waals surface area contributed by atoms with Gasteiger partial charge in [0.1, 0.15) is 12.3 Å². The van der Waals surface area contributed by atoms with E-state index in [0.29, 0.717) is 12.2 Å². The standard InChI is InChI=1S/C10H14N2O5.C3H7NO2/c1-5-3-12(10(16)11-9(5)15)8-2-6(14)7(4-13)17-8;1-2-6-3(4)5/h3,6-8,13-14H,2,4H2,1H3,(H,11,15,16);2H2,1H3,(H2,4,5)/t6-,7+,8+;/m0./s1. The predicted octanol–water partition coefficient (Wildman–Crippen LogP) is -1.41. The molecule has 0 saturated carbocycles. The zero-order valence-corrected chi connectivity index (χ0v) is 12.9. The highest BCUT2D eigenvalue weighted by Gasteiger charge is 2.34. The monoisotopic (exact) mass is 331 g/mol. The maximum atomic E-state index is 11.6. The Hall–Kier alpha value is -2.17. The smallest absolute Gasteiger partial charge is 0.404 e. The number of aromatic amines is 1. The fraction of sp³-hybridized carbons (Fsp3) is 0.615. The molecule has 0 aromatic carbocycles. The highest BCUT2D eigenvalue weighted by Crippen LogP contribution is 2.27. The highest BCUT2D eigenvalue weighted by atomic mass is 16.5. The van der Waals surface area contributed by atoms with Gasteiger partial charge in [0, 0.05) is 18.2 Å². The third-order valence-electron chi connectivity index (χ3n) is 3.13. The molecule has 130 valence electrons. The van der Waals surface area contributed by atoms with Crippen molar-refractivity contribution in [3.8, 4) is 0 Å². The second kappa shape index (κ2) is 8.46. The quantitative estimate of drug-likeness (QED) is 0.529. The van der Waals surface area contributed by atoms with E-state index in [1.165, 1.54) is 10.8 Å². The lowest BCUT2D eigenvalue weighted by Gasteiger charge is -2.14. The molecule has 10 heteroatoms. The molecule has 5 N–H and O–H groups in total. The summed E-state index contributed by atoms with van der Waals surface area (Å²) < 4.78 is 10.7. The van der Waals surface area contributed by atoms with Crippen molar-refractivity contribution in [3.05, 3.63) is 32.6 Å². The van der Waals surface area contributed by atoms with Gasteiger partial charge >= 0.3 is 11.8 Å². The lowest BCUT2D eigenvalue weighted by atomic mass is 10.2. The van der Waals surface area contributed by atoms with Gasteiger partial charge in [-0.15, -0.1) is 0 Å².